The fourth-order valence-corrected chi connectivity index (χ4v) is 5.30. The van der Waals surface area contributed by atoms with Gasteiger partial charge in [0.2, 0.25) is 11.0 Å². The van der Waals surface area contributed by atoms with Crippen molar-refractivity contribution in [2.24, 2.45) is 0 Å². The van der Waals surface area contributed by atoms with E-state index in [1.165, 1.54) is 23.1 Å². The summed E-state index contributed by atoms with van der Waals surface area (Å²) in [7, 11) is 0. The van der Waals surface area contributed by atoms with E-state index in [1.807, 2.05) is 79.7 Å². The van der Waals surface area contributed by atoms with Crippen LogP contribution in [0.15, 0.2) is 120 Å². The fraction of sp³-hybridized carbons (Fsp3) is 0.0882. The van der Waals surface area contributed by atoms with Crippen molar-refractivity contribution in [3.05, 3.63) is 137 Å². The quantitative estimate of drug-likeness (QED) is 0.105. The summed E-state index contributed by atoms with van der Waals surface area (Å²) in [5.74, 6) is -0.211. The van der Waals surface area contributed by atoms with Crippen LogP contribution in [0.3, 0.4) is 0 Å². The Morgan fingerprint density at radius 2 is 1.51 bits per heavy atom. The van der Waals surface area contributed by atoms with Crippen LogP contribution in [-0.4, -0.2) is 33.7 Å². The van der Waals surface area contributed by atoms with Gasteiger partial charge in [0.05, 0.1) is 5.75 Å². The predicted molar refractivity (Wildman–Crippen MR) is 178 cm³/mol. The zero-order chi connectivity index (χ0) is 31.4. The van der Waals surface area contributed by atoms with E-state index in [2.05, 4.69) is 26.1 Å². The number of hydrogen-bond acceptors (Lipinski definition) is 8. The minimum atomic E-state index is -0.490. The number of aromatic nitrogens is 2. The Morgan fingerprint density at radius 1 is 0.822 bits per heavy atom. The Labute approximate surface area is 268 Å². The Balaban J connectivity index is 1.23. The molecule has 11 heteroatoms. The van der Waals surface area contributed by atoms with Crippen LogP contribution in [0, 0.1) is 6.92 Å². The molecule has 1 aromatic heterocycles. The van der Waals surface area contributed by atoms with Crippen LogP contribution in [0.4, 0.5) is 10.8 Å². The van der Waals surface area contributed by atoms with Crippen LogP contribution in [0.2, 0.25) is 0 Å². The van der Waals surface area contributed by atoms with Gasteiger partial charge in [-0.1, -0.05) is 72.0 Å². The first-order valence-corrected chi connectivity index (χ1v) is 15.7. The summed E-state index contributed by atoms with van der Waals surface area (Å²) in [6, 6.07) is 32.9. The van der Waals surface area contributed by atoms with Gasteiger partial charge >= 0.3 is 0 Å². The molecule has 0 saturated carbocycles. The van der Waals surface area contributed by atoms with Crippen LogP contribution in [0.25, 0.3) is 6.08 Å². The minimum absolute atomic E-state index is 0.0730. The lowest BCUT2D eigenvalue weighted by atomic mass is 10.1. The van der Waals surface area contributed by atoms with E-state index in [0.717, 1.165) is 15.5 Å². The van der Waals surface area contributed by atoms with Gasteiger partial charge < -0.3 is 15.4 Å². The molecule has 0 unspecified atom stereocenters. The summed E-state index contributed by atoms with van der Waals surface area (Å²) in [4.78, 5) is 39.5. The average molecular weight is 636 g/mol. The first-order valence-electron chi connectivity index (χ1n) is 13.9. The number of carbonyl (C=O) groups excluding carboxylic acids is 3. The van der Waals surface area contributed by atoms with E-state index in [-0.39, 0.29) is 17.4 Å². The topological polar surface area (TPSA) is 122 Å². The fourth-order valence-electron chi connectivity index (χ4n) is 3.99. The molecule has 0 bridgehead atoms. The smallest absolute Gasteiger partial charge is 0.272 e. The number of benzene rings is 4. The van der Waals surface area contributed by atoms with Gasteiger partial charge in [-0.2, -0.15) is 0 Å². The van der Waals surface area contributed by atoms with E-state index in [4.69, 9.17) is 4.74 Å². The SMILES string of the molecule is Cc1nnc(NC(=O)CSc2ccc(NC(=O)/C(=C/c3ccc(OCc4ccccc4)cc3)NC(=O)c3ccccc3)cc2)s1. The minimum Gasteiger partial charge on any atom is -0.489 e. The molecule has 45 heavy (non-hydrogen) atoms. The molecule has 5 rings (SSSR count). The number of rotatable bonds is 12. The maximum Gasteiger partial charge on any atom is 0.272 e. The van der Waals surface area contributed by atoms with Gasteiger partial charge in [0.15, 0.2) is 0 Å². The lowest BCUT2D eigenvalue weighted by Crippen LogP contribution is -2.30. The van der Waals surface area contributed by atoms with Gasteiger partial charge in [-0.15, -0.1) is 22.0 Å². The van der Waals surface area contributed by atoms with Gasteiger partial charge in [0.25, 0.3) is 11.8 Å². The molecule has 9 nitrogen and oxygen atoms in total. The summed E-state index contributed by atoms with van der Waals surface area (Å²) in [5.41, 5.74) is 2.79. The van der Waals surface area contributed by atoms with Crippen molar-refractivity contribution in [3.63, 3.8) is 0 Å². The van der Waals surface area contributed by atoms with Crippen LogP contribution < -0.4 is 20.7 Å². The van der Waals surface area contributed by atoms with E-state index in [9.17, 15) is 14.4 Å². The van der Waals surface area contributed by atoms with E-state index >= 15 is 0 Å². The molecule has 226 valence electrons. The van der Waals surface area contributed by atoms with Crippen molar-refractivity contribution in [3.8, 4) is 5.75 Å². The molecule has 0 spiro atoms. The molecule has 0 aliphatic heterocycles. The third-order valence-corrected chi connectivity index (χ3v) is 7.99. The molecular weight excluding hydrogens is 607 g/mol. The summed E-state index contributed by atoms with van der Waals surface area (Å²) in [6.45, 7) is 2.25. The molecule has 4 aromatic carbocycles. The third kappa shape index (κ3) is 9.62. The summed E-state index contributed by atoms with van der Waals surface area (Å²) < 4.78 is 5.87. The maximum atomic E-state index is 13.4. The second-order valence-electron chi connectivity index (χ2n) is 9.66. The Morgan fingerprint density at radius 3 is 2.18 bits per heavy atom. The van der Waals surface area contributed by atoms with Crippen LogP contribution in [0.5, 0.6) is 5.75 Å². The Bertz CT molecular complexity index is 1780. The van der Waals surface area contributed by atoms with Crippen LogP contribution in [-0.2, 0) is 16.2 Å². The van der Waals surface area contributed by atoms with Crippen molar-refractivity contribution in [2.45, 2.75) is 18.4 Å². The van der Waals surface area contributed by atoms with E-state index < -0.39 is 11.8 Å². The van der Waals surface area contributed by atoms with Gasteiger partial charge in [-0.3, -0.25) is 19.7 Å². The standard InChI is InChI=1S/C34H29N5O4S2/c1-23-38-39-34(45-23)37-31(40)22-44-29-18-14-27(15-19-29)35-33(42)30(36-32(41)26-10-6-3-7-11-26)20-24-12-16-28(17-13-24)43-21-25-8-4-2-5-9-25/h2-20H,21-22H2,1H3,(H,35,42)(H,36,41)(H,37,39,40)/b30-20-. The molecule has 0 radical (unpaired) electrons. The van der Waals surface area contributed by atoms with Crippen LogP contribution in [0.1, 0.15) is 26.5 Å². The third-order valence-electron chi connectivity index (χ3n) is 6.22. The van der Waals surface area contributed by atoms with Gasteiger partial charge in [-0.05, 0) is 72.7 Å². The Hall–Kier alpha value is -5.26. The monoisotopic (exact) mass is 635 g/mol. The van der Waals surface area contributed by atoms with Gasteiger partial charge in [-0.25, -0.2) is 0 Å². The van der Waals surface area contributed by atoms with Crippen molar-refractivity contribution in [1.82, 2.24) is 15.5 Å². The highest BCUT2D eigenvalue weighted by Crippen LogP contribution is 2.22. The number of aryl methyl sites for hydroxylation is 1. The first kappa shape index (κ1) is 31.2. The number of anilines is 2. The number of nitrogens with one attached hydrogen (secondary N) is 3. The predicted octanol–water partition coefficient (Wildman–Crippen LogP) is 6.57. The zero-order valence-corrected chi connectivity index (χ0v) is 25.9. The summed E-state index contributed by atoms with van der Waals surface area (Å²) in [6.07, 6.45) is 1.61. The molecule has 0 aliphatic carbocycles. The highest BCUT2D eigenvalue weighted by molar-refractivity contribution is 8.00. The summed E-state index contributed by atoms with van der Waals surface area (Å²) >= 11 is 2.66. The zero-order valence-electron chi connectivity index (χ0n) is 24.2. The second-order valence-corrected chi connectivity index (χ2v) is 11.9. The largest absolute Gasteiger partial charge is 0.489 e. The molecule has 3 N–H and O–H groups in total. The molecule has 3 amide bonds. The van der Waals surface area contributed by atoms with E-state index in [0.29, 0.717) is 34.3 Å². The van der Waals surface area contributed by atoms with Crippen molar-refractivity contribution in [2.75, 3.05) is 16.4 Å². The number of ether oxygens (including phenoxy) is 1. The molecular formula is C34H29N5O4S2. The van der Waals surface area contributed by atoms with E-state index in [1.54, 1.807) is 42.5 Å². The number of nitrogens with zero attached hydrogens (tertiary/aromatic N) is 2. The van der Waals surface area contributed by atoms with Crippen LogP contribution >= 0.6 is 23.1 Å². The number of thioether (sulfide) groups is 1. The molecule has 0 saturated heterocycles. The van der Waals surface area contributed by atoms with Crippen molar-refractivity contribution >= 4 is 57.7 Å². The van der Waals surface area contributed by atoms with Gasteiger partial charge in [0, 0.05) is 16.1 Å². The maximum absolute atomic E-state index is 13.4. The number of amides is 3. The second kappa shape index (κ2) is 15.5. The van der Waals surface area contributed by atoms with Crippen molar-refractivity contribution in [1.29, 1.82) is 0 Å². The summed E-state index contributed by atoms with van der Waals surface area (Å²) in [5, 5.41) is 17.3. The lowest BCUT2D eigenvalue weighted by Gasteiger charge is -2.12. The molecule has 0 fully saturated rings. The number of carbonyl (C=O) groups is 3. The van der Waals surface area contributed by atoms with Gasteiger partial charge in [0.1, 0.15) is 23.1 Å². The molecule has 1 heterocycles. The first-order chi connectivity index (χ1) is 21.9. The molecule has 0 aliphatic rings. The molecule has 0 atom stereocenters. The normalized spacial score (nSPS) is 11.0. The lowest BCUT2D eigenvalue weighted by molar-refractivity contribution is -0.114. The number of hydrogen-bond donors (Lipinski definition) is 3. The highest BCUT2D eigenvalue weighted by Gasteiger charge is 2.15. The Kier molecular flexibility index (Phi) is 10.7. The highest BCUT2D eigenvalue weighted by atomic mass is 32.2. The average Bonchev–Trinajstić information content (AvgIpc) is 3.48. The molecule has 5 aromatic rings. The van der Waals surface area contributed by atoms with Crippen molar-refractivity contribution < 1.29 is 19.1 Å².